The largest absolute Gasteiger partial charge is 0.343 e. The summed E-state index contributed by atoms with van der Waals surface area (Å²) in [4.78, 5) is 0. The number of halogens is 1. The Bertz CT molecular complexity index is 1130. The molecule has 1 N–H and O–H groups in total. The molecule has 0 radical (unpaired) electrons. The van der Waals surface area contributed by atoms with Crippen LogP contribution < -0.4 is 4.72 Å². The van der Waals surface area contributed by atoms with Crippen LogP contribution in [-0.2, 0) is 17.1 Å². The fraction of sp³-hybridized carbons (Fsp3) is 0.250. The topological polar surface area (TPSA) is 74.9 Å². The molecule has 0 amide bonds. The number of aromatic nitrogens is 1. The lowest BCUT2D eigenvalue weighted by molar-refractivity contribution is 0.598. The number of benzene rings is 2. The second kappa shape index (κ2) is 7.63. The summed E-state index contributed by atoms with van der Waals surface area (Å²) < 4.78 is 28.6. The number of fused-ring (bicyclic) bond motifs is 1. The molecule has 0 bridgehead atoms. The zero-order valence-corrected chi connectivity index (χ0v) is 16.7. The molecule has 2 aromatic carbocycles. The number of nitrogens with zero attached hydrogens (tertiary/aromatic N) is 2. The first kappa shape index (κ1) is 19.3. The van der Waals surface area contributed by atoms with Crippen molar-refractivity contribution >= 4 is 38.2 Å². The summed E-state index contributed by atoms with van der Waals surface area (Å²) in [6.45, 7) is 1.95. The summed E-state index contributed by atoms with van der Waals surface area (Å²) in [5, 5.41) is 11.0. The molecule has 1 heterocycles. The molecule has 1 aromatic heterocycles. The van der Waals surface area contributed by atoms with Gasteiger partial charge in [-0.1, -0.05) is 37.1 Å². The van der Waals surface area contributed by atoms with Crippen LogP contribution in [0.3, 0.4) is 0 Å². The number of sulfonamides is 1. The molecule has 3 aromatic rings. The van der Waals surface area contributed by atoms with Gasteiger partial charge in [0.25, 0.3) is 0 Å². The van der Waals surface area contributed by atoms with Crippen molar-refractivity contribution in [3.8, 4) is 17.3 Å². The van der Waals surface area contributed by atoms with Gasteiger partial charge in [0.15, 0.2) is 0 Å². The number of rotatable bonds is 6. The molecule has 0 spiro atoms. The van der Waals surface area contributed by atoms with Gasteiger partial charge in [0, 0.05) is 28.7 Å². The zero-order chi connectivity index (χ0) is 19.6. The van der Waals surface area contributed by atoms with E-state index in [2.05, 4.69) is 10.8 Å². The van der Waals surface area contributed by atoms with Crippen LogP contribution >= 0.6 is 11.6 Å². The Balaban J connectivity index is 1.99. The second-order valence-electron chi connectivity index (χ2n) is 6.41. The van der Waals surface area contributed by atoms with Crippen LogP contribution in [0.2, 0.25) is 5.02 Å². The summed E-state index contributed by atoms with van der Waals surface area (Å²) in [5.41, 5.74) is 3.57. The van der Waals surface area contributed by atoms with E-state index < -0.39 is 10.0 Å². The third-order valence-electron chi connectivity index (χ3n) is 4.47. The van der Waals surface area contributed by atoms with Crippen molar-refractivity contribution in [2.45, 2.75) is 19.8 Å². The summed E-state index contributed by atoms with van der Waals surface area (Å²) in [5.74, 6) is 0.105. The SMILES string of the molecule is CCCCS(=O)(=O)Nc1ccc(-c2c(C#N)c3cc(Cl)ccc3n2C)cc1. The van der Waals surface area contributed by atoms with E-state index in [1.807, 2.05) is 36.7 Å². The third-order valence-corrected chi connectivity index (χ3v) is 6.08. The van der Waals surface area contributed by atoms with Crippen LogP contribution in [0.5, 0.6) is 0 Å². The maximum absolute atomic E-state index is 12.0. The molecule has 140 valence electrons. The maximum atomic E-state index is 12.0. The minimum absolute atomic E-state index is 0.105. The molecule has 5 nitrogen and oxygen atoms in total. The third kappa shape index (κ3) is 3.95. The highest BCUT2D eigenvalue weighted by atomic mass is 35.5. The average Bonchev–Trinajstić information content (AvgIpc) is 2.91. The molecule has 0 saturated heterocycles. The number of hydrogen-bond donors (Lipinski definition) is 1. The Morgan fingerprint density at radius 2 is 1.89 bits per heavy atom. The van der Waals surface area contributed by atoms with Crippen LogP contribution in [0.25, 0.3) is 22.2 Å². The average molecular weight is 402 g/mol. The summed E-state index contributed by atoms with van der Waals surface area (Å²) in [6, 6.07) is 14.8. The number of aryl methyl sites for hydroxylation is 1. The Kier molecular flexibility index (Phi) is 5.45. The van der Waals surface area contributed by atoms with Gasteiger partial charge in [-0.3, -0.25) is 4.72 Å². The molecule has 0 unspecified atom stereocenters. The molecule has 7 heteroatoms. The molecule has 0 atom stereocenters. The molecule has 3 rings (SSSR count). The predicted molar refractivity (Wildman–Crippen MR) is 110 cm³/mol. The van der Waals surface area contributed by atoms with E-state index >= 15 is 0 Å². The highest BCUT2D eigenvalue weighted by molar-refractivity contribution is 7.92. The van der Waals surface area contributed by atoms with E-state index in [1.165, 1.54) is 0 Å². The van der Waals surface area contributed by atoms with Crippen LogP contribution in [0.1, 0.15) is 25.3 Å². The Labute approximate surface area is 164 Å². The Hall–Kier alpha value is -2.49. The molecule has 0 aliphatic rings. The van der Waals surface area contributed by atoms with E-state index in [4.69, 9.17) is 11.6 Å². The highest BCUT2D eigenvalue weighted by Crippen LogP contribution is 2.34. The van der Waals surface area contributed by atoms with Gasteiger partial charge in [-0.15, -0.1) is 0 Å². The van der Waals surface area contributed by atoms with E-state index in [9.17, 15) is 13.7 Å². The van der Waals surface area contributed by atoms with Crippen molar-refractivity contribution in [3.63, 3.8) is 0 Å². The number of nitriles is 1. The lowest BCUT2D eigenvalue weighted by Gasteiger charge is -2.09. The van der Waals surface area contributed by atoms with Crippen molar-refractivity contribution < 1.29 is 8.42 Å². The van der Waals surface area contributed by atoms with E-state index in [-0.39, 0.29) is 5.75 Å². The number of anilines is 1. The summed E-state index contributed by atoms with van der Waals surface area (Å²) >= 11 is 6.09. The maximum Gasteiger partial charge on any atom is 0.232 e. The van der Waals surface area contributed by atoms with Gasteiger partial charge in [-0.2, -0.15) is 5.26 Å². The van der Waals surface area contributed by atoms with Crippen molar-refractivity contribution in [2.24, 2.45) is 7.05 Å². The molecule has 27 heavy (non-hydrogen) atoms. The van der Waals surface area contributed by atoms with Crippen molar-refractivity contribution in [1.82, 2.24) is 4.57 Å². The van der Waals surface area contributed by atoms with E-state index in [1.54, 1.807) is 24.3 Å². The predicted octanol–water partition coefficient (Wildman–Crippen LogP) is 4.91. The van der Waals surface area contributed by atoms with Crippen LogP contribution in [-0.4, -0.2) is 18.7 Å². The molecular weight excluding hydrogens is 382 g/mol. The summed E-state index contributed by atoms with van der Waals surface area (Å²) in [6.07, 6.45) is 1.44. The molecule has 0 saturated carbocycles. The minimum Gasteiger partial charge on any atom is -0.343 e. The second-order valence-corrected chi connectivity index (χ2v) is 8.69. The number of hydrogen-bond acceptors (Lipinski definition) is 3. The van der Waals surface area contributed by atoms with Gasteiger partial charge in [0.05, 0.1) is 17.0 Å². The monoisotopic (exact) mass is 401 g/mol. The molecule has 0 aliphatic heterocycles. The number of unbranched alkanes of at least 4 members (excludes halogenated alkanes) is 1. The van der Waals surface area contributed by atoms with Gasteiger partial charge < -0.3 is 4.57 Å². The Morgan fingerprint density at radius 3 is 2.52 bits per heavy atom. The molecule has 0 aliphatic carbocycles. The quantitative estimate of drug-likeness (QED) is 0.637. The normalized spacial score (nSPS) is 11.5. The standard InChI is InChI=1S/C20H20ClN3O2S/c1-3-4-11-27(25,26)23-16-8-5-14(6-9-16)20-18(13-22)17-12-15(21)7-10-19(17)24(20)2/h5-10,12,23H,3-4,11H2,1-2H3. The highest BCUT2D eigenvalue weighted by Gasteiger charge is 2.17. The van der Waals surface area contributed by atoms with Gasteiger partial charge >= 0.3 is 0 Å². The fourth-order valence-electron chi connectivity index (χ4n) is 3.13. The van der Waals surface area contributed by atoms with Gasteiger partial charge in [0.2, 0.25) is 10.0 Å². The molecule has 0 fully saturated rings. The van der Waals surface area contributed by atoms with E-state index in [0.717, 1.165) is 28.6 Å². The summed E-state index contributed by atoms with van der Waals surface area (Å²) in [7, 11) is -1.45. The smallest absolute Gasteiger partial charge is 0.232 e. The van der Waals surface area contributed by atoms with Crippen molar-refractivity contribution in [2.75, 3.05) is 10.5 Å². The van der Waals surface area contributed by atoms with Crippen LogP contribution in [0.4, 0.5) is 5.69 Å². The van der Waals surface area contributed by atoms with Crippen LogP contribution in [0, 0.1) is 11.3 Å². The Morgan fingerprint density at radius 1 is 1.19 bits per heavy atom. The number of nitrogens with one attached hydrogen (secondary N) is 1. The first-order chi connectivity index (χ1) is 12.9. The van der Waals surface area contributed by atoms with Gasteiger partial charge in [0.1, 0.15) is 6.07 Å². The first-order valence-electron chi connectivity index (χ1n) is 8.65. The molecular formula is C20H20ClN3O2S. The van der Waals surface area contributed by atoms with Crippen molar-refractivity contribution in [3.05, 3.63) is 53.1 Å². The zero-order valence-electron chi connectivity index (χ0n) is 15.2. The van der Waals surface area contributed by atoms with Crippen molar-refractivity contribution in [1.29, 1.82) is 5.26 Å². The van der Waals surface area contributed by atoms with Gasteiger partial charge in [-0.25, -0.2) is 8.42 Å². The van der Waals surface area contributed by atoms with Crippen LogP contribution in [0.15, 0.2) is 42.5 Å². The van der Waals surface area contributed by atoms with Gasteiger partial charge in [-0.05, 0) is 42.3 Å². The minimum atomic E-state index is -3.34. The lowest BCUT2D eigenvalue weighted by atomic mass is 10.1. The first-order valence-corrected chi connectivity index (χ1v) is 10.7. The van der Waals surface area contributed by atoms with E-state index in [0.29, 0.717) is 22.7 Å². The lowest BCUT2D eigenvalue weighted by Crippen LogP contribution is -2.16. The fourth-order valence-corrected chi connectivity index (χ4v) is 4.57.